The zero-order valence-electron chi connectivity index (χ0n) is 10.5. The minimum absolute atomic E-state index is 0.783. The highest BCUT2D eigenvalue weighted by atomic mass is 32.1. The highest BCUT2D eigenvalue weighted by Gasteiger charge is 2.18. The highest BCUT2D eigenvalue weighted by Crippen LogP contribution is 2.29. The lowest BCUT2D eigenvalue weighted by Gasteiger charge is -2.05. The normalized spacial score (nSPS) is 19.3. The van der Waals surface area contributed by atoms with Gasteiger partial charge >= 0.3 is 0 Å². The molecule has 0 aromatic carbocycles. The Morgan fingerprint density at radius 2 is 2.44 bits per heavy atom. The van der Waals surface area contributed by atoms with Gasteiger partial charge in [-0.15, -0.1) is 11.3 Å². The Hall–Kier alpha value is -1.26. The molecule has 3 heterocycles. The molecule has 0 radical (unpaired) electrons. The molecule has 2 aromatic heterocycles. The third-order valence-electron chi connectivity index (χ3n) is 3.44. The Morgan fingerprint density at radius 1 is 1.50 bits per heavy atom. The molecule has 1 N–H and O–H groups in total. The van der Waals surface area contributed by atoms with Gasteiger partial charge in [0.25, 0.3) is 0 Å². The minimum atomic E-state index is 0.783. The van der Waals surface area contributed by atoms with Crippen molar-refractivity contribution in [2.24, 2.45) is 5.92 Å². The minimum Gasteiger partial charge on any atom is -0.316 e. The molecule has 1 aliphatic rings. The second kappa shape index (κ2) is 5.16. The Morgan fingerprint density at radius 3 is 3.17 bits per heavy atom. The van der Waals surface area contributed by atoms with Crippen molar-refractivity contribution in [1.82, 2.24) is 15.3 Å². The summed E-state index contributed by atoms with van der Waals surface area (Å²) < 4.78 is 0. The maximum Gasteiger partial charge on any atom is 0.125 e. The second-order valence-corrected chi connectivity index (χ2v) is 5.92. The number of aromatic nitrogens is 2. The SMILES string of the molecule is Cc1nc(-c2cccnc2)sc1CC1CCNC1. The smallest absolute Gasteiger partial charge is 0.125 e. The van der Waals surface area contributed by atoms with Crippen molar-refractivity contribution in [2.45, 2.75) is 19.8 Å². The number of aryl methyl sites for hydroxylation is 1. The fourth-order valence-electron chi connectivity index (χ4n) is 2.38. The lowest BCUT2D eigenvalue weighted by molar-refractivity contribution is 0.583. The Balaban J connectivity index is 1.82. The van der Waals surface area contributed by atoms with Crippen LogP contribution in [-0.4, -0.2) is 23.1 Å². The van der Waals surface area contributed by atoms with Gasteiger partial charge in [0.1, 0.15) is 5.01 Å². The molecule has 1 aliphatic heterocycles. The molecule has 18 heavy (non-hydrogen) atoms. The van der Waals surface area contributed by atoms with Crippen LogP contribution in [0.5, 0.6) is 0 Å². The molecule has 0 aliphatic carbocycles. The van der Waals surface area contributed by atoms with Gasteiger partial charge in [-0.2, -0.15) is 0 Å². The van der Waals surface area contributed by atoms with Crippen LogP contribution < -0.4 is 5.32 Å². The number of hydrogen-bond donors (Lipinski definition) is 1. The van der Waals surface area contributed by atoms with Crippen LogP contribution in [0.4, 0.5) is 0 Å². The Kier molecular flexibility index (Phi) is 3.39. The second-order valence-electron chi connectivity index (χ2n) is 4.83. The number of thiazole rings is 1. The summed E-state index contributed by atoms with van der Waals surface area (Å²) in [6, 6.07) is 4.04. The molecule has 3 rings (SSSR count). The van der Waals surface area contributed by atoms with E-state index in [0.29, 0.717) is 0 Å². The lowest BCUT2D eigenvalue weighted by atomic mass is 10.0. The van der Waals surface area contributed by atoms with Gasteiger partial charge in [0.05, 0.1) is 5.69 Å². The maximum atomic E-state index is 4.68. The summed E-state index contributed by atoms with van der Waals surface area (Å²) >= 11 is 1.82. The van der Waals surface area contributed by atoms with Gasteiger partial charge in [0.2, 0.25) is 0 Å². The molecule has 0 saturated carbocycles. The number of pyridine rings is 1. The number of rotatable bonds is 3. The summed E-state index contributed by atoms with van der Waals surface area (Å²) in [5.41, 5.74) is 2.31. The van der Waals surface area contributed by atoms with Crippen LogP contribution in [0.25, 0.3) is 10.6 Å². The van der Waals surface area contributed by atoms with E-state index in [1.807, 2.05) is 23.6 Å². The largest absolute Gasteiger partial charge is 0.316 e. The van der Waals surface area contributed by atoms with Crippen molar-refractivity contribution >= 4 is 11.3 Å². The van der Waals surface area contributed by atoms with Crippen molar-refractivity contribution in [3.05, 3.63) is 35.1 Å². The van der Waals surface area contributed by atoms with Crippen LogP contribution in [0, 0.1) is 12.8 Å². The molecule has 1 fully saturated rings. The van der Waals surface area contributed by atoms with Crippen molar-refractivity contribution in [1.29, 1.82) is 0 Å². The highest BCUT2D eigenvalue weighted by molar-refractivity contribution is 7.15. The average Bonchev–Trinajstić information content (AvgIpc) is 3.02. The van der Waals surface area contributed by atoms with E-state index in [1.165, 1.54) is 17.0 Å². The summed E-state index contributed by atoms with van der Waals surface area (Å²) in [6.07, 6.45) is 6.14. The monoisotopic (exact) mass is 259 g/mol. The summed E-state index contributed by atoms with van der Waals surface area (Å²) in [4.78, 5) is 10.3. The zero-order valence-corrected chi connectivity index (χ0v) is 11.3. The molecular weight excluding hydrogens is 242 g/mol. The van der Waals surface area contributed by atoms with Crippen LogP contribution in [0.2, 0.25) is 0 Å². The van der Waals surface area contributed by atoms with Crippen molar-refractivity contribution < 1.29 is 0 Å². The van der Waals surface area contributed by atoms with Crippen LogP contribution in [-0.2, 0) is 6.42 Å². The van der Waals surface area contributed by atoms with Crippen molar-refractivity contribution in [2.75, 3.05) is 13.1 Å². The topological polar surface area (TPSA) is 37.8 Å². The van der Waals surface area contributed by atoms with Gasteiger partial charge in [-0.1, -0.05) is 0 Å². The summed E-state index contributed by atoms with van der Waals surface area (Å²) in [5, 5.41) is 4.52. The van der Waals surface area contributed by atoms with E-state index in [1.54, 1.807) is 6.20 Å². The predicted octanol–water partition coefficient (Wildman–Crippen LogP) is 2.67. The van der Waals surface area contributed by atoms with Crippen molar-refractivity contribution in [3.8, 4) is 10.6 Å². The zero-order chi connectivity index (χ0) is 12.4. The molecule has 1 atom stereocenters. The first-order valence-corrected chi connectivity index (χ1v) is 7.22. The van der Waals surface area contributed by atoms with Crippen LogP contribution in [0.3, 0.4) is 0 Å². The van der Waals surface area contributed by atoms with E-state index < -0.39 is 0 Å². The summed E-state index contributed by atoms with van der Waals surface area (Å²) in [6.45, 7) is 4.44. The lowest BCUT2D eigenvalue weighted by Crippen LogP contribution is -2.10. The summed E-state index contributed by atoms with van der Waals surface area (Å²) in [7, 11) is 0. The van der Waals surface area contributed by atoms with Gasteiger partial charge in [-0.05, 0) is 50.9 Å². The van der Waals surface area contributed by atoms with E-state index >= 15 is 0 Å². The van der Waals surface area contributed by atoms with E-state index in [2.05, 4.69) is 28.3 Å². The Bertz CT molecular complexity index is 515. The number of nitrogens with zero attached hydrogens (tertiary/aromatic N) is 2. The first-order chi connectivity index (χ1) is 8.83. The standard InChI is InChI=1S/C14H17N3S/c1-10-13(7-11-4-6-16-8-11)18-14(17-10)12-3-2-5-15-9-12/h2-3,5,9,11,16H,4,6-8H2,1H3. The van der Waals surface area contributed by atoms with Gasteiger partial charge in [0.15, 0.2) is 0 Å². The average molecular weight is 259 g/mol. The first kappa shape index (κ1) is 11.8. The molecule has 0 amide bonds. The Labute approximate surface area is 111 Å². The van der Waals surface area contributed by atoms with Gasteiger partial charge < -0.3 is 5.32 Å². The third kappa shape index (κ3) is 2.44. The van der Waals surface area contributed by atoms with Crippen LogP contribution in [0.15, 0.2) is 24.5 Å². The molecule has 4 heteroatoms. The van der Waals surface area contributed by atoms with Gasteiger partial charge in [0, 0.05) is 22.8 Å². The van der Waals surface area contributed by atoms with Crippen LogP contribution >= 0.6 is 11.3 Å². The quantitative estimate of drug-likeness (QED) is 0.921. The fourth-order valence-corrected chi connectivity index (χ4v) is 3.55. The van der Waals surface area contributed by atoms with E-state index in [-0.39, 0.29) is 0 Å². The summed E-state index contributed by atoms with van der Waals surface area (Å²) in [5.74, 6) is 0.783. The molecule has 3 nitrogen and oxygen atoms in total. The van der Waals surface area contributed by atoms with E-state index in [9.17, 15) is 0 Å². The number of nitrogens with one attached hydrogen (secondary N) is 1. The van der Waals surface area contributed by atoms with Crippen LogP contribution in [0.1, 0.15) is 17.0 Å². The molecule has 94 valence electrons. The first-order valence-electron chi connectivity index (χ1n) is 6.40. The molecule has 0 bridgehead atoms. The van der Waals surface area contributed by atoms with Crippen molar-refractivity contribution in [3.63, 3.8) is 0 Å². The fraction of sp³-hybridized carbons (Fsp3) is 0.429. The molecular formula is C14H17N3S. The predicted molar refractivity (Wildman–Crippen MR) is 74.8 cm³/mol. The third-order valence-corrected chi connectivity index (χ3v) is 4.67. The molecule has 2 aromatic rings. The molecule has 0 spiro atoms. The van der Waals surface area contributed by atoms with Gasteiger partial charge in [-0.3, -0.25) is 4.98 Å². The number of hydrogen-bond acceptors (Lipinski definition) is 4. The van der Waals surface area contributed by atoms with E-state index in [0.717, 1.165) is 36.0 Å². The van der Waals surface area contributed by atoms with Gasteiger partial charge in [-0.25, -0.2) is 4.98 Å². The molecule has 1 unspecified atom stereocenters. The molecule has 1 saturated heterocycles. The maximum absolute atomic E-state index is 4.68. The van der Waals surface area contributed by atoms with E-state index in [4.69, 9.17) is 0 Å².